The van der Waals surface area contributed by atoms with Crippen molar-refractivity contribution in [1.82, 2.24) is 20.3 Å². The van der Waals surface area contributed by atoms with Crippen molar-refractivity contribution >= 4 is 11.0 Å². The Labute approximate surface area is 87.7 Å². The number of hydrogen-bond acceptors (Lipinski definition) is 4. The molecule has 0 radical (unpaired) electrons. The third kappa shape index (κ3) is 2.31. The molecule has 0 spiro atoms. The van der Waals surface area contributed by atoms with Crippen LogP contribution in [-0.2, 0) is 6.54 Å². The number of nitrogens with zero attached hydrogens (tertiary/aromatic N) is 3. The number of nitrogens with one attached hydrogen (secondary N) is 1. The van der Waals surface area contributed by atoms with E-state index in [0.29, 0.717) is 6.54 Å². The van der Waals surface area contributed by atoms with Crippen molar-refractivity contribution in [2.75, 3.05) is 20.2 Å². The third-order valence-corrected chi connectivity index (χ3v) is 2.31. The standard InChI is InChI=1S/C10H14N4O/c1-14(4-5-15)7-8-2-3-9-10(6-8)12-13-11-9/h2-3,6,15H,4-5,7H2,1H3,(H,11,12,13). The quantitative estimate of drug-likeness (QED) is 0.759. The number of fused-ring (bicyclic) bond motifs is 1. The van der Waals surface area contributed by atoms with Gasteiger partial charge in [-0.2, -0.15) is 15.4 Å². The first kappa shape index (κ1) is 10.1. The number of hydrogen-bond donors (Lipinski definition) is 2. The van der Waals surface area contributed by atoms with Gasteiger partial charge in [-0.15, -0.1) is 0 Å². The maximum Gasteiger partial charge on any atom is 0.113 e. The summed E-state index contributed by atoms with van der Waals surface area (Å²) in [7, 11) is 1.98. The van der Waals surface area contributed by atoms with Gasteiger partial charge >= 0.3 is 0 Å². The summed E-state index contributed by atoms with van der Waals surface area (Å²) in [6.07, 6.45) is 0. The van der Waals surface area contributed by atoms with Crippen molar-refractivity contribution in [2.24, 2.45) is 0 Å². The van der Waals surface area contributed by atoms with Crippen molar-refractivity contribution < 1.29 is 5.11 Å². The van der Waals surface area contributed by atoms with Crippen LogP contribution in [0.4, 0.5) is 0 Å². The van der Waals surface area contributed by atoms with Crippen LogP contribution in [0.3, 0.4) is 0 Å². The second-order valence-corrected chi connectivity index (χ2v) is 3.61. The Balaban J connectivity index is 2.14. The molecule has 1 aromatic carbocycles. The van der Waals surface area contributed by atoms with Gasteiger partial charge in [-0.3, -0.25) is 4.90 Å². The molecule has 0 saturated carbocycles. The third-order valence-electron chi connectivity index (χ3n) is 2.31. The smallest absolute Gasteiger partial charge is 0.113 e. The first-order chi connectivity index (χ1) is 7.29. The van der Waals surface area contributed by atoms with Gasteiger partial charge in [0.2, 0.25) is 0 Å². The minimum absolute atomic E-state index is 0.183. The van der Waals surface area contributed by atoms with E-state index >= 15 is 0 Å². The molecule has 15 heavy (non-hydrogen) atoms. The van der Waals surface area contributed by atoms with E-state index in [1.165, 1.54) is 5.56 Å². The van der Waals surface area contributed by atoms with Crippen molar-refractivity contribution in [2.45, 2.75) is 6.54 Å². The molecule has 0 aliphatic rings. The number of aromatic amines is 1. The number of benzene rings is 1. The molecule has 0 aliphatic carbocycles. The molecule has 0 fully saturated rings. The van der Waals surface area contributed by atoms with Gasteiger partial charge in [-0.05, 0) is 24.7 Å². The van der Waals surface area contributed by atoms with Crippen LogP contribution >= 0.6 is 0 Å². The van der Waals surface area contributed by atoms with Crippen LogP contribution in [0.1, 0.15) is 5.56 Å². The van der Waals surface area contributed by atoms with Crippen LogP contribution in [0.2, 0.25) is 0 Å². The first-order valence-electron chi connectivity index (χ1n) is 4.88. The van der Waals surface area contributed by atoms with Gasteiger partial charge < -0.3 is 5.11 Å². The maximum absolute atomic E-state index is 8.78. The van der Waals surface area contributed by atoms with Crippen LogP contribution in [0.5, 0.6) is 0 Å². The summed E-state index contributed by atoms with van der Waals surface area (Å²) >= 11 is 0. The fourth-order valence-corrected chi connectivity index (χ4v) is 1.55. The molecule has 5 heteroatoms. The lowest BCUT2D eigenvalue weighted by molar-refractivity contribution is 0.217. The number of aliphatic hydroxyl groups excluding tert-OH is 1. The predicted octanol–water partition coefficient (Wildman–Crippen LogP) is 0.382. The normalized spacial score (nSPS) is 11.4. The zero-order valence-corrected chi connectivity index (χ0v) is 8.64. The van der Waals surface area contributed by atoms with Crippen molar-refractivity contribution in [1.29, 1.82) is 0 Å². The average Bonchev–Trinajstić information content (AvgIpc) is 2.65. The molecule has 0 saturated heterocycles. The van der Waals surface area contributed by atoms with Crippen LogP contribution in [0.15, 0.2) is 18.2 Å². The number of aromatic nitrogens is 3. The van der Waals surface area contributed by atoms with Crippen molar-refractivity contribution in [3.05, 3.63) is 23.8 Å². The van der Waals surface area contributed by atoms with E-state index in [4.69, 9.17) is 5.11 Å². The Bertz CT molecular complexity index is 440. The van der Waals surface area contributed by atoms with E-state index in [2.05, 4.69) is 20.3 Å². The van der Waals surface area contributed by atoms with Crippen LogP contribution in [0.25, 0.3) is 11.0 Å². The molecule has 1 heterocycles. The largest absolute Gasteiger partial charge is 0.395 e. The van der Waals surface area contributed by atoms with E-state index < -0.39 is 0 Å². The first-order valence-corrected chi connectivity index (χ1v) is 4.88. The molecule has 1 aromatic heterocycles. The summed E-state index contributed by atoms with van der Waals surface area (Å²) in [5, 5.41) is 19.4. The highest BCUT2D eigenvalue weighted by molar-refractivity contribution is 5.74. The van der Waals surface area contributed by atoms with Gasteiger partial charge in [0.25, 0.3) is 0 Å². The van der Waals surface area contributed by atoms with Crippen molar-refractivity contribution in [3.8, 4) is 0 Å². The van der Waals surface area contributed by atoms with Gasteiger partial charge in [-0.25, -0.2) is 0 Å². The number of likely N-dealkylation sites (N-methyl/N-ethyl adjacent to an activating group) is 1. The molecule has 5 nitrogen and oxygen atoms in total. The SMILES string of the molecule is CN(CCO)Cc1ccc2n[nH]nc2c1. The zero-order valence-electron chi connectivity index (χ0n) is 8.64. The highest BCUT2D eigenvalue weighted by Crippen LogP contribution is 2.11. The highest BCUT2D eigenvalue weighted by atomic mass is 16.3. The molecule has 80 valence electrons. The Morgan fingerprint density at radius 2 is 2.13 bits per heavy atom. The molecular weight excluding hydrogens is 192 g/mol. The molecule has 0 amide bonds. The van der Waals surface area contributed by atoms with E-state index in [-0.39, 0.29) is 6.61 Å². The monoisotopic (exact) mass is 206 g/mol. The van der Waals surface area contributed by atoms with E-state index in [9.17, 15) is 0 Å². The Morgan fingerprint density at radius 3 is 2.93 bits per heavy atom. The Kier molecular flexibility index (Phi) is 2.94. The fraction of sp³-hybridized carbons (Fsp3) is 0.400. The van der Waals surface area contributed by atoms with Crippen LogP contribution < -0.4 is 0 Å². The second kappa shape index (κ2) is 4.37. The highest BCUT2D eigenvalue weighted by Gasteiger charge is 2.02. The summed E-state index contributed by atoms with van der Waals surface area (Å²) in [6.45, 7) is 1.67. The molecule has 0 bridgehead atoms. The lowest BCUT2D eigenvalue weighted by Gasteiger charge is -2.14. The summed E-state index contributed by atoms with van der Waals surface area (Å²) in [4.78, 5) is 2.06. The van der Waals surface area contributed by atoms with Gasteiger partial charge in [0.1, 0.15) is 11.0 Å². The van der Waals surface area contributed by atoms with E-state index in [1.54, 1.807) is 0 Å². The number of rotatable bonds is 4. The second-order valence-electron chi connectivity index (χ2n) is 3.61. The zero-order chi connectivity index (χ0) is 10.7. The Hall–Kier alpha value is -1.46. The van der Waals surface area contributed by atoms with Crippen LogP contribution in [-0.4, -0.2) is 45.6 Å². The average molecular weight is 206 g/mol. The summed E-state index contributed by atoms with van der Waals surface area (Å²) in [6, 6.07) is 5.98. The van der Waals surface area contributed by atoms with Gasteiger partial charge in [0, 0.05) is 13.1 Å². The topological polar surface area (TPSA) is 65.0 Å². The maximum atomic E-state index is 8.78. The molecule has 0 aliphatic heterocycles. The number of aliphatic hydroxyl groups is 1. The summed E-state index contributed by atoms with van der Waals surface area (Å²) in [5.41, 5.74) is 2.93. The summed E-state index contributed by atoms with van der Waals surface area (Å²) in [5.74, 6) is 0. The minimum atomic E-state index is 0.183. The van der Waals surface area contributed by atoms with Crippen LogP contribution in [0, 0.1) is 0 Å². The lowest BCUT2D eigenvalue weighted by Crippen LogP contribution is -2.21. The minimum Gasteiger partial charge on any atom is -0.395 e. The number of H-pyrrole nitrogens is 1. The summed E-state index contributed by atoms with van der Waals surface area (Å²) < 4.78 is 0. The Morgan fingerprint density at radius 1 is 1.33 bits per heavy atom. The molecule has 2 rings (SSSR count). The fourth-order valence-electron chi connectivity index (χ4n) is 1.55. The molecular formula is C10H14N4O. The molecule has 0 unspecified atom stereocenters. The van der Waals surface area contributed by atoms with E-state index in [0.717, 1.165) is 17.6 Å². The van der Waals surface area contributed by atoms with Gasteiger partial charge in [0.15, 0.2) is 0 Å². The molecule has 2 aromatic rings. The van der Waals surface area contributed by atoms with Gasteiger partial charge in [-0.1, -0.05) is 6.07 Å². The van der Waals surface area contributed by atoms with Gasteiger partial charge in [0.05, 0.1) is 6.61 Å². The lowest BCUT2D eigenvalue weighted by atomic mass is 10.2. The molecule has 0 atom stereocenters. The van der Waals surface area contributed by atoms with E-state index in [1.807, 2.05) is 25.2 Å². The molecule has 2 N–H and O–H groups in total. The predicted molar refractivity (Wildman–Crippen MR) is 57.3 cm³/mol. The van der Waals surface area contributed by atoms with Crippen molar-refractivity contribution in [3.63, 3.8) is 0 Å².